The van der Waals surface area contributed by atoms with Gasteiger partial charge in [-0.3, -0.25) is 0 Å². The van der Waals surface area contributed by atoms with Gasteiger partial charge in [0.05, 0.1) is 6.04 Å². The van der Waals surface area contributed by atoms with E-state index in [2.05, 4.69) is 28.7 Å². The van der Waals surface area contributed by atoms with Crippen LogP contribution in [0.1, 0.15) is 32.1 Å². The molecule has 1 rings (SSSR count). The smallest absolute Gasteiger partial charge is 0.125 e. The number of aryl methyl sites for hydroxylation is 1. The van der Waals surface area contributed by atoms with E-state index in [1.165, 1.54) is 0 Å². The summed E-state index contributed by atoms with van der Waals surface area (Å²) in [5.41, 5.74) is 0. The number of aromatic nitrogens is 2. The maximum atomic E-state index is 5.18. The lowest BCUT2D eigenvalue weighted by Crippen LogP contribution is -2.26. The van der Waals surface area contributed by atoms with Gasteiger partial charge in [-0.2, -0.15) is 0 Å². The summed E-state index contributed by atoms with van der Waals surface area (Å²) in [5.74, 6) is 1.63. The minimum atomic E-state index is 0.315. The van der Waals surface area contributed by atoms with Gasteiger partial charge in [0.25, 0.3) is 0 Å². The molecule has 16 heavy (non-hydrogen) atoms. The van der Waals surface area contributed by atoms with E-state index in [0.29, 0.717) is 12.0 Å². The Morgan fingerprint density at radius 1 is 1.56 bits per heavy atom. The van der Waals surface area contributed by atoms with Crippen molar-refractivity contribution >= 4 is 0 Å². The molecule has 0 bridgehead atoms. The van der Waals surface area contributed by atoms with Gasteiger partial charge in [0.1, 0.15) is 5.82 Å². The van der Waals surface area contributed by atoms with Crippen LogP contribution in [0.25, 0.3) is 0 Å². The summed E-state index contributed by atoms with van der Waals surface area (Å²) in [6.45, 7) is 6.08. The third-order valence-electron chi connectivity index (χ3n) is 2.71. The molecule has 1 N–H and O–H groups in total. The number of nitrogens with zero attached hydrogens (tertiary/aromatic N) is 2. The minimum Gasteiger partial charge on any atom is -0.384 e. The van der Waals surface area contributed by atoms with Crippen molar-refractivity contribution in [2.75, 3.05) is 20.3 Å². The van der Waals surface area contributed by atoms with Crippen LogP contribution in [-0.2, 0) is 11.8 Å². The third-order valence-corrected chi connectivity index (χ3v) is 2.71. The molecular weight excluding hydrogens is 202 g/mol. The minimum absolute atomic E-state index is 0.315. The van der Waals surface area contributed by atoms with Gasteiger partial charge in [-0.25, -0.2) is 4.98 Å². The Morgan fingerprint density at radius 3 is 2.81 bits per heavy atom. The van der Waals surface area contributed by atoms with Gasteiger partial charge >= 0.3 is 0 Å². The highest BCUT2D eigenvalue weighted by Crippen LogP contribution is 2.19. The zero-order valence-corrected chi connectivity index (χ0v) is 10.7. The van der Waals surface area contributed by atoms with E-state index < -0.39 is 0 Å². The van der Waals surface area contributed by atoms with E-state index >= 15 is 0 Å². The summed E-state index contributed by atoms with van der Waals surface area (Å²) >= 11 is 0. The highest BCUT2D eigenvalue weighted by atomic mass is 16.5. The van der Waals surface area contributed by atoms with Crippen molar-refractivity contribution in [2.24, 2.45) is 13.0 Å². The van der Waals surface area contributed by atoms with Crippen molar-refractivity contribution in [1.82, 2.24) is 14.9 Å². The van der Waals surface area contributed by atoms with Gasteiger partial charge in [0, 0.05) is 33.2 Å². The van der Waals surface area contributed by atoms with Crippen molar-refractivity contribution in [3.63, 3.8) is 0 Å². The maximum Gasteiger partial charge on any atom is 0.125 e. The molecule has 0 aromatic carbocycles. The molecule has 0 aliphatic carbocycles. The van der Waals surface area contributed by atoms with Crippen LogP contribution >= 0.6 is 0 Å². The summed E-state index contributed by atoms with van der Waals surface area (Å²) < 4.78 is 7.25. The van der Waals surface area contributed by atoms with E-state index in [0.717, 1.165) is 25.4 Å². The average Bonchev–Trinajstić information content (AvgIpc) is 2.64. The van der Waals surface area contributed by atoms with Crippen LogP contribution < -0.4 is 5.32 Å². The fourth-order valence-electron chi connectivity index (χ4n) is 1.99. The van der Waals surface area contributed by atoms with Crippen molar-refractivity contribution in [1.29, 1.82) is 0 Å². The SMILES string of the molecule is CCNC(CC(C)COC)c1nccn1C. The number of imidazole rings is 1. The van der Waals surface area contributed by atoms with Gasteiger partial charge in [0.15, 0.2) is 0 Å². The molecule has 0 aliphatic heterocycles. The number of nitrogens with one attached hydrogen (secondary N) is 1. The molecule has 92 valence electrons. The number of hydrogen-bond donors (Lipinski definition) is 1. The maximum absolute atomic E-state index is 5.18. The molecule has 4 heteroatoms. The van der Waals surface area contributed by atoms with E-state index in [9.17, 15) is 0 Å². The Labute approximate surface area is 98.0 Å². The van der Waals surface area contributed by atoms with Crippen LogP contribution in [0.4, 0.5) is 0 Å². The molecule has 1 heterocycles. The van der Waals surface area contributed by atoms with E-state index in [-0.39, 0.29) is 0 Å². The Kier molecular flexibility index (Phi) is 5.49. The molecule has 0 spiro atoms. The highest BCUT2D eigenvalue weighted by molar-refractivity contribution is 4.99. The van der Waals surface area contributed by atoms with Gasteiger partial charge in [0.2, 0.25) is 0 Å². The number of ether oxygens (including phenoxy) is 1. The average molecular weight is 225 g/mol. The van der Waals surface area contributed by atoms with Crippen LogP contribution in [0.2, 0.25) is 0 Å². The lowest BCUT2D eigenvalue weighted by atomic mass is 10.0. The summed E-state index contributed by atoms with van der Waals surface area (Å²) in [5, 5.41) is 3.48. The fraction of sp³-hybridized carbons (Fsp3) is 0.750. The topological polar surface area (TPSA) is 39.1 Å². The Hall–Kier alpha value is -0.870. The largest absolute Gasteiger partial charge is 0.384 e. The number of rotatable bonds is 7. The summed E-state index contributed by atoms with van der Waals surface area (Å²) in [4.78, 5) is 4.41. The van der Waals surface area contributed by atoms with E-state index in [1.54, 1.807) is 7.11 Å². The first-order valence-electron chi connectivity index (χ1n) is 5.88. The van der Waals surface area contributed by atoms with Crippen LogP contribution in [0, 0.1) is 5.92 Å². The summed E-state index contributed by atoms with van der Waals surface area (Å²) in [6.07, 6.45) is 4.88. The standard InChI is InChI=1S/C12H23N3O/c1-5-13-11(8-10(2)9-16-4)12-14-6-7-15(12)3/h6-7,10-11,13H,5,8-9H2,1-4H3. The zero-order valence-electron chi connectivity index (χ0n) is 10.7. The summed E-state index contributed by atoms with van der Waals surface area (Å²) in [7, 11) is 3.78. The Morgan fingerprint density at radius 2 is 2.31 bits per heavy atom. The third kappa shape index (κ3) is 3.61. The molecule has 2 unspecified atom stereocenters. The van der Waals surface area contributed by atoms with Crippen LogP contribution in [0.15, 0.2) is 12.4 Å². The molecule has 0 saturated carbocycles. The van der Waals surface area contributed by atoms with E-state index in [4.69, 9.17) is 4.74 Å². The molecule has 1 aromatic heterocycles. The monoisotopic (exact) mass is 225 g/mol. The van der Waals surface area contributed by atoms with E-state index in [1.807, 2.05) is 19.4 Å². The Balaban J connectivity index is 2.64. The quantitative estimate of drug-likeness (QED) is 0.768. The molecule has 0 radical (unpaired) electrons. The zero-order chi connectivity index (χ0) is 12.0. The molecule has 0 aliphatic rings. The predicted molar refractivity (Wildman–Crippen MR) is 65.3 cm³/mol. The van der Waals surface area contributed by atoms with Gasteiger partial charge in [-0.15, -0.1) is 0 Å². The number of hydrogen-bond acceptors (Lipinski definition) is 3. The Bertz CT molecular complexity index is 298. The fourth-order valence-corrected chi connectivity index (χ4v) is 1.99. The highest BCUT2D eigenvalue weighted by Gasteiger charge is 2.17. The molecule has 0 saturated heterocycles. The predicted octanol–water partition coefficient (Wildman–Crippen LogP) is 1.74. The van der Waals surface area contributed by atoms with Crippen molar-refractivity contribution in [2.45, 2.75) is 26.3 Å². The van der Waals surface area contributed by atoms with Crippen molar-refractivity contribution in [3.8, 4) is 0 Å². The van der Waals surface area contributed by atoms with Crippen molar-refractivity contribution in [3.05, 3.63) is 18.2 Å². The first kappa shape index (κ1) is 13.2. The second-order valence-corrected chi connectivity index (χ2v) is 4.30. The van der Waals surface area contributed by atoms with Crippen LogP contribution in [0.5, 0.6) is 0 Å². The van der Waals surface area contributed by atoms with Gasteiger partial charge < -0.3 is 14.6 Å². The number of methoxy groups -OCH3 is 1. The van der Waals surface area contributed by atoms with Crippen LogP contribution in [0.3, 0.4) is 0 Å². The molecule has 0 amide bonds. The second kappa shape index (κ2) is 6.66. The lowest BCUT2D eigenvalue weighted by molar-refractivity contribution is 0.148. The van der Waals surface area contributed by atoms with Gasteiger partial charge in [-0.05, 0) is 18.9 Å². The molecule has 2 atom stereocenters. The molecule has 1 aromatic rings. The van der Waals surface area contributed by atoms with Crippen molar-refractivity contribution < 1.29 is 4.74 Å². The molecule has 0 fully saturated rings. The summed E-state index contributed by atoms with van der Waals surface area (Å²) in [6, 6.07) is 0.315. The van der Waals surface area contributed by atoms with Gasteiger partial charge in [-0.1, -0.05) is 13.8 Å². The first-order valence-corrected chi connectivity index (χ1v) is 5.88. The lowest BCUT2D eigenvalue weighted by Gasteiger charge is -2.21. The first-order chi connectivity index (χ1) is 7.69. The van der Waals surface area contributed by atoms with Crippen LogP contribution in [-0.4, -0.2) is 29.8 Å². The second-order valence-electron chi connectivity index (χ2n) is 4.30. The normalized spacial score (nSPS) is 15.0. The molecule has 4 nitrogen and oxygen atoms in total. The molecular formula is C12H23N3O.